The maximum absolute atomic E-state index is 12.2. The number of nitriles is 1. The Kier molecular flexibility index (Phi) is 6.10. The number of carbonyl (C=O) groups excluding carboxylic acids is 2. The highest BCUT2D eigenvalue weighted by Crippen LogP contribution is 2.29. The molecule has 25 heavy (non-hydrogen) atoms. The number of nitrogens with two attached hydrogens (primary N) is 1. The second kappa shape index (κ2) is 8.08. The Bertz CT molecular complexity index is 709. The number of anilines is 1. The zero-order valence-corrected chi connectivity index (χ0v) is 14.7. The fourth-order valence-corrected chi connectivity index (χ4v) is 2.99. The van der Waals surface area contributed by atoms with Gasteiger partial charge in [0.2, 0.25) is 0 Å². The molecule has 134 valence electrons. The van der Waals surface area contributed by atoms with Crippen LogP contribution < -0.4 is 15.8 Å². The van der Waals surface area contributed by atoms with Gasteiger partial charge in [-0.05, 0) is 18.9 Å². The summed E-state index contributed by atoms with van der Waals surface area (Å²) in [6.07, 6.45) is 4.02. The summed E-state index contributed by atoms with van der Waals surface area (Å²) < 4.78 is 10.1. The number of methoxy groups -OCH3 is 1. The van der Waals surface area contributed by atoms with Crippen molar-refractivity contribution >= 4 is 29.2 Å². The van der Waals surface area contributed by atoms with Crippen molar-refractivity contribution in [3.05, 3.63) is 22.7 Å². The molecule has 0 atom stereocenters. The molecule has 1 amide bonds. The molecule has 1 aromatic rings. The minimum atomic E-state index is -0.871. The van der Waals surface area contributed by atoms with Gasteiger partial charge in [-0.3, -0.25) is 4.79 Å². The van der Waals surface area contributed by atoms with E-state index in [1.165, 1.54) is 19.2 Å². The largest absolute Gasteiger partial charge is 0.496 e. The summed E-state index contributed by atoms with van der Waals surface area (Å²) in [6.45, 7) is -0.493. The average molecular weight is 366 g/mol. The number of halogens is 1. The fourth-order valence-electron chi connectivity index (χ4n) is 2.83. The topological polar surface area (TPSA) is 114 Å². The molecule has 0 radical (unpaired) electrons. The monoisotopic (exact) mass is 365 g/mol. The molecule has 0 aliphatic heterocycles. The molecule has 0 unspecified atom stereocenters. The van der Waals surface area contributed by atoms with E-state index in [-0.39, 0.29) is 22.0 Å². The first kappa shape index (κ1) is 18.9. The zero-order valence-electron chi connectivity index (χ0n) is 13.9. The van der Waals surface area contributed by atoms with Gasteiger partial charge in [0.15, 0.2) is 6.61 Å². The normalized spacial score (nSPS) is 15.7. The Balaban J connectivity index is 1.99. The molecule has 8 heteroatoms. The minimum Gasteiger partial charge on any atom is -0.496 e. The maximum Gasteiger partial charge on any atom is 0.342 e. The molecule has 1 aromatic carbocycles. The number of hydrogen-bond acceptors (Lipinski definition) is 6. The lowest BCUT2D eigenvalue weighted by atomic mass is 9.83. The Morgan fingerprint density at radius 2 is 2.04 bits per heavy atom. The number of hydrogen-bond donors (Lipinski definition) is 2. The van der Waals surface area contributed by atoms with E-state index in [4.69, 9.17) is 26.8 Å². The lowest BCUT2D eigenvalue weighted by molar-refractivity contribution is -0.125. The Hall–Kier alpha value is -2.46. The SMILES string of the molecule is COc1cc(N)c(Cl)cc1C(=O)OCC(=O)NC1(C#N)CCCCC1. The van der Waals surface area contributed by atoms with E-state index in [0.29, 0.717) is 12.8 Å². The van der Waals surface area contributed by atoms with E-state index in [9.17, 15) is 14.9 Å². The zero-order chi connectivity index (χ0) is 18.4. The second-order valence-corrected chi connectivity index (χ2v) is 6.36. The number of esters is 1. The summed E-state index contributed by atoms with van der Waals surface area (Å²) in [5.74, 6) is -1.08. The molecule has 7 nitrogen and oxygen atoms in total. The lowest BCUT2D eigenvalue weighted by Gasteiger charge is -2.31. The van der Waals surface area contributed by atoms with Crippen molar-refractivity contribution in [1.82, 2.24) is 5.32 Å². The third-order valence-corrected chi connectivity index (χ3v) is 4.50. The summed E-state index contributed by atoms with van der Waals surface area (Å²) in [5.41, 5.74) is 5.13. The molecule has 0 spiro atoms. The van der Waals surface area contributed by atoms with Crippen LogP contribution in [0.25, 0.3) is 0 Å². The van der Waals surface area contributed by atoms with Crippen molar-refractivity contribution in [3.8, 4) is 11.8 Å². The number of nitrogens with zero attached hydrogens (tertiary/aromatic N) is 1. The van der Waals surface area contributed by atoms with Crippen molar-refractivity contribution in [2.24, 2.45) is 0 Å². The summed E-state index contributed by atoms with van der Waals surface area (Å²) in [5, 5.41) is 12.2. The van der Waals surface area contributed by atoms with Crippen molar-refractivity contribution in [1.29, 1.82) is 5.26 Å². The van der Waals surface area contributed by atoms with Crippen LogP contribution in [-0.2, 0) is 9.53 Å². The Morgan fingerprint density at radius 1 is 1.36 bits per heavy atom. The highest BCUT2D eigenvalue weighted by molar-refractivity contribution is 6.33. The number of benzene rings is 1. The van der Waals surface area contributed by atoms with Crippen LogP contribution in [0.3, 0.4) is 0 Å². The second-order valence-electron chi connectivity index (χ2n) is 5.95. The number of nitrogen functional groups attached to an aromatic ring is 1. The van der Waals surface area contributed by atoms with Gasteiger partial charge in [0.1, 0.15) is 16.9 Å². The first-order valence-corrected chi connectivity index (χ1v) is 8.31. The molecule has 1 fully saturated rings. The predicted molar refractivity (Wildman–Crippen MR) is 92.3 cm³/mol. The van der Waals surface area contributed by atoms with E-state index in [1.54, 1.807) is 0 Å². The van der Waals surface area contributed by atoms with E-state index in [0.717, 1.165) is 19.3 Å². The molecule has 2 rings (SSSR count). The number of ether oxygens (including phenoxy) is 2. The number of carbonyl (C=O) groups is 2. The van der Waals surface area contributed by atoms with Crippen LogP contribution >= 0.6 is 11.6 Å². The Morgan fingerprint density at radius 3 is 2.64 bits per heavy atom. The summed E-state index contributed by atoms with van der Waals surface area (Å²) in [7, 11) is 1.38. The fraction of sp³-hybridized carbons (Fsp3) is 0.471. The predicted octanol–water partition coefficient (Wildman–Crippen LogP) is 2.43. The van der Waals surface area contributed by atoms with Gasteiger partial charge in [0, 0.05) is 6.07 Å². The Labute approximate surface area is 151 Å². The molecule has 3 N–H and O–H groups in total. The van der Waals surface area contributed by atoms with Crippen LogP contribution in [0.4, 0.5) is 5.69 Å². The smallest absolute Gasteiger partial charge is 0.342 e. The molecular weight excluding hydrogens is 346 g/mol. The van der Waals surface area contributed by atoms with Crippen LogP contribution in [0.2, 0.25) is 5.02 Å². The summed E-state index contributed by atoms with van der Waals surface area (Å²) in [4.78, 5) is 24.3. The molecule has 0 heterocycles. The van der Waals surface area contributed by atoms with Crippen molar-refractivity contribution in [2.75, 3.05) is 19.5 Å². The van der Waals surface area contributed by atoms with Gasteiger partial charge in [0.05, 0.1) is 23.9 Å². The lowest BCUT2D eigenvalue weighted by Crippen LogP contribution is -2.50. The number of nitrogens with one attached hydrogen (secondary N) is 1. The molecular formula is C17H20ClN3O4. The molecule has 1 aliphatic rings. The van der Waals surface area contributed by atoms with Gasteiger partial charge in [-0.1, -0.05) is 30.9 Å². The van der Waals surface area contributed by atoms with E-state index >= 15 is 0 Å². The molecule has 0 saturated heterocycles. The summed E-state index contributed by atoms with van der Waals surface area (Å²) >= 11 is 5.91. The quantitative estimate of drug-likeness (QED) is 0.611. The first-order chi connectivity index (χ1) is 11.9. The highest BCUT2D eigenvalue weighted by Gasteiger charge is 2.33. The first-order valence-electron chi connectivity index (χ1n) is 7.93. The maximum atomic E-state index is 12.2. The van der Waals surface area contributed by atoms with Gasteiger partial charge < -0.3 is 20.5 Å². The van der Waals surface area contributed by atoms with Crippen LogP contribution in [0.1, 0.15) is 42.5 Å². The van der Waals surface area contributed by atoms with Gasteiger partial charge in [-0.2, -0.15) is 5.26 Å². The highest BCUT2D eigenvalue weighted by atomic mass is 35.5. The van der Waals surface area contributed by atoms with Crippen LogP contribution in [0.5, 0.6) is 5.75 Å². The molecule has 0 bridgehead atoms. The molecule has 1 aliphatic carbocycles. The van der Waals surface area contributed by atoms with Gasteiger partial charge in [-0.25, -0.2) is 4.79 Å². The van der Waals surface area contributed by atoms with Gasteiger partial charge in [-0.15, -0.1) is 0 Å². The van der Waals surface area contributed by atoms with Crippen LogP contribution in [0.15, 0.2) is 12.1 Å². The van der Waals surface area contributed by atoms with Crippen LogP contribution in [-0.4, -0.2) is 31.1 Å². The third kappa shape index (κ3) is 4.54. The average Bonchev–Trinajstić information content (AvgIpc) is 2.62. The van der Waals surface area contributed by atoms with Gasteiger partial charge >= 0.3 is 5.97 Å². The van der Waals surface area contributed by atoms with E-state index in [1.807, 2.05) is 0 Å². The standard InChI is InChI=1S/C17H20ClN3O4/c1-24-14-8-13(20)12(18)7-11(14)16(23)25-9-15(22)21-17(10-19)5-3-2-4-6-17/h7-8H,2-6,9,20H2,1H3,(H,21,22). The van der Waals surface area contributed by atoms with Crippen molar-refractivity contribution in [2.45, 2.75) is 37.6 Å². The van der Waals surface area contributed by atoms with Gasteiger partial charge in [0.25, 0.3) is 5.91 Å². The van der Waals surface area contributed by atoms with E-state index < -0.39 is 24.0 Å². The third-order valence-electron chi connectivity index (χ3n) is 4.17. The van der Waals surface area contributed by atoms with E-state index in [2.05, 4.69) is 11.4 Å². The number of amides is 1. The van der Waals surface area contributed by atoms with Crippen LogP contribution in [0, 0.1) is 11.3 Å². The van der Waals surface area contributed by atoms with Crippen molar-refractivity contribution < 1.29 is 19.1 Å². The summed E-state index contributed by atoms with van der Waals surface area (Å²) in [6, 6.07) is 4.91. The molecule has 0 aromatic heterocycles. The number of rotatable bonds is 5. The minimum absolute atomic E-state index is 0.0714. The van der Waals surface area contributed by atoms with Crippen molar-refractivity contribution in [3.63, 3.8) is 0 Å². The molecule has 1 saturated carbocycles.